The first-order valence-electron chi connectivity index (χ1n) is 4.85. The quantitative estimate of drug-likeness (QED) is 0.496. The van der Waals surface area contributed by atoms with Crippen LogP contribution in [0.3, 0.4) is 0 Å². The molecule has 0 atom stereocenters. The summed E-state index contributed by atoms with van der Waals surface area (Å²) in [5.41, 5.74) is 0. The van der Waals surface area contributed by atoms with Crippen LogP contribution in [0.2, 0.25) is 0 Å². The van der Waals surface area contributed by atoms with E-state index >= 15 is 0 Å². The summed E-state index contributed by atoms with van der Waals surface area (Å²) in [6, 6.07) is 15.0. The van der Waals surface area contributed by atoms with Gasteiger partial charge in [0.05, 0.1) is 0 Å². The highest BCUT2D eigenvalue weighted by Gasteiger charge is 2.07. The van der Waals surface area contributed by atoms with Crippen LogP contribution in [0.5, 0.6) is 0 Å². The summed E-state index contributed by atoms with van der Waals surface area (Å²) >= 11 is 0. The van der Waals surface area contributed by atoms with Crippen LogP contribution < -0.4 is 0 Å². The van der Waals surface area contributed by atoms with E-state index in [4.69, 9.17) is 0 Å². The van der Waals surface area contributed by atoms with Gasteiger partial charge in [0.1, 0.15) is 11.6 Å². The Bertz CT molecular complexity index is 687. The van der Waals surface area contributed by atoms with E-state index < -0.39 is 11.6 Å². The Labute approximate surface area is 91.1 Å². The Kier molecular flexibility index (Phi) is 1.90. The van der Waals surface area contributed by atoms with Crippen LogP contribution in [-0.4, -0.2) is 0 Å². The lowest BCUT2D eigenvalue weighted by Gasteiger charge is -2.04. The predicted octanol–water partition coefficient (Wildman–Crippen LogP) is 3.87. The van der Waals surface area contributed by atoms with Crippen LogP contribution in [0.4, 0.5) is 8.78 Å². The summed E-state index contributed by atoms with van der Waals surface area (Å²) in [4.78, 5) is 0. The van der Waals surface area contributed by atoms with Gasteiger partial charge in [-0.2, -0.15) is 0 Å². The molecule has 0 heterocycles. The van der Waals surface area contributed by atoms with Crippen LogP contribution in [0, 0.1) is 23.8 Å². The average Bonchev–Trinajstić information content (AvgIpc) is 2.28. The molecule has 3 aromatic carbocycles. The minimum Gasteiger partial charge on any atom is -0.206 e. The Morgan fingerprint density at radius 3 is 2.81 bits per heavy atom. The summed E-state index contributed by atoms with van der Waals surface area (Å²) in [5, 5.41) is 2.50. The van der Waals surface area contributed by atoms with Crippen molar-refractivity contribution in [3.8, 4) is 0 Å². The molecule has 2 radical (unpaired) electrons. The molecule has 2 heteroatoms. The van der Waals surface area contributed by atoms with Gasteiger partial charge in [-0.1, -0.05) is 24.3 Å². The van der Waals surface area contributed by atoms with Crippen molar-refractivity contribution >= 4 is 21.5 Å². The van der Waals surface area contributed by atoms with Gasteiger partial charge in [0, 0.05) is 17.5 Å². The molecule has 0 nitrogen and oxygen atoms in total. The van der Waals surface area contributed by atoms with E-state index in [1.807, 2.05) is 6.07 Å². The molecule has 0 saturated heterocycles. The zero-order chi connectivity index (χ0) is 11.1. The molecule has 0 amide bonds. The third-order valence-electron chi connectivity index (χ3n) is 2.61. The third-order valence-corrected chi connectivity index (χ3v) is 2.61. The van der Waals surface area contributed by atoms with Crippen LogP contribution in [0.1, 0.15) is 0 Å². The van der Waals surface area contributed by atoms with Gasteiger partial charge in [-0.25, -0.2) is 8.78 Å². The minimum absolute atomic E-state index is 0.410. The maximum absolute atomic E-state index is 13.7. The van der Waals surface area contributed by atoms with Crippen LogP contribution in [0.25, 0.3) is 21.5 Å². The molecule has 0 aliphatic rings. The van der Waals surface area contributed by atoms with E-state index in [0.29, 0.717) is 10.8 Å². The summed E-state index contributed by atoms with van der Waals surface area (Å²) in [5.74, 6) is -1.23. The third kappa shape index (κ3) is 1.27. The molecule has 0 N–H and O–H groups in total. The molecule has 0 saturated carbocycles. The number of rotatable bonds is 0. The summed E-state index contributed by atoms with van der Waals surface area (Å²) < 4.78 is 26.7. The average molecular weight is 212 g/mol. The van der Waals surface area contributed by atoms with Crippen LogP contribution in [-0.2, 0) is 0 Å². The second-order valence-electron chi connectivity index (χ2n) is 3.60. The molecule has 0 fully saturated rings. The van der Waals surface area contributed by atoms with E-state index in [-0.39, 0.29) is 0 Å². The van der Waals surface area contributed by atoms with Crippen molar-refractivity contribution in [2.45, 2.75) is 0 Å². The van der Waals surface area contributed by atoms with Crippen molar-refractivity contribution < 1.29 is 8.78 Å². The summed E-state index contributed by atoms with van der Waals surface area (Å²) in [7, 11) is 0. The first-order chi connectivity index (χ1) is 7.75. The minimum atomic E-state index is -0.674. The second kappa shape index (κ2) is 3.27. The van der Waals surface area contributed by atoms with E-state index in [0.717, 1.165) is 16.8 Å². The smallest absolute Gasteiger partial charge is 0.134 e. The van der Waals surface area contributed by atoms with E-state index in [9.17, 15) is 8.78 Å². The van der Waals surface area contributed by atoms with Gasteiger partial charge in [0.15, 0.2) is 0 Å². The lowest BCUT2D eigenvalue weighted by Crippen LogP contribution is -1.85. The maximum atomic E-state index is 13.7. The fourth-order valence-corrected chi connectivity index (χ4v) is 1.92. The Morgan fingerprint density at radius 1 is 1.06 bits per heavy atom. The fraction of sp³-hybridized carbons (Fsp3) is 0. The van der Waals surface area contributed by atoms with Crippen LogP contribution >= 0.6 is 0 Å². The van der Waals surface area contributed by atoms with Crippen molar-refractivity contribution in [1.82, 2.24) is 0 Å². The van der Waals surface area contributed by atoms with E-state index in [1.54, 1.807) is 24.3 Å². The second-order valence-corrected chi connectivity index (χ2v) is 3.60. The van der Waals surface area contributed by atoms with Crippen molar-refractivity contribution in [2.24, 2.45) is 0 Å². The highest BCUT2D eigenvalue weighted by molar-refractivity contribution is 6.07. The molecule has 3 rings (SSSR count). The molecule has 3 aromatic rings. The van der Waals surface area contributed by atoms with Gasteiger partial charge in [0.2, 0.25) is 0 Å². The fourth-order valence-electron chi connectivity index (χ4n) is 1.92. The molecule has 16 heavy (non-hydrogen) atoms. The Hall–Kier alpha value is -1.96. The van der Waals surface area contributed by atoms with Gasteiger partial charge < -0.3 is 0 Å². The number of benzene rings is 3. The van der Waals surface area contributed by atoms with Gasteiger partial charge in [-0.15, -0.1) is 0 Å². The molecular formula is C14H6F2. The van der Waals surface area contributed by atoms with Gasteiger partial charge in [0.25, 0.3) is 0 Å². The lowest BCUT2D eigenvalue weighted by atomic mass is 10.0. The van der Waals surface area contributed by atoms with Crippen molar-refractivity contribution in [3.63, 3.8) is 0 Å². The van der Waals surface area contributed by atoms with Gasteiger partial charge in [-0.05, 0) is 28.3 Å². The van der Waals surface area contributed by atoms with Crippen molar-refractivity contribution in [2.75, 3.05) is 0 Å². The highest BCUT2D eigenvalue weighted by atomic mass is 19.1. The molecular weight excluding hydrogens is 206 g/mol. The van der Waals surface area contributed by atoms with Crippen LogP contribution in [0.15, 0.2) is 36.4 Å². The zero-order valence-corrected chi connectivity index (χ0v) is 8.22. The normalized spacial score (nSPS) is 11.1. The first-order valence-corrected chi connectivity index (χ1v) is 4.85. The SMILES string of the molecule is Fc1[c]c2ccc3c[c]ccc3c2c(F)c1. The number of hydrogen-bond acceptors (Lipinski definition) is 0. The maximum Gasteiger partial charge on any atom is 0.134 e. The lowest BCUT2D eigenvalue weighted by molar-refractivity contribution is 0.591. The van der Waals surface area contributed by atoms with Crippen molar-refractivity contribution in [3.05, 3.63) is 60.2 Å². The van der Waals surface area contributed by atoms with E-state index in [2.05, 4.69) is 12.1 Å². The summed E-state index contributed by atoms with van der Waals surface area (Å²) in [6.07, 6.45) is 0. The molecule has 76 valence electrons. The number of halogens is 2. The predicted molar refractivity (Wildman–Crippen MR) is 59.0 cm³/mol. The standard InChI is InChI=1S/C14H6F2/c15-11-7-10-6-5-9-3-1-2-4-12(9)14(10)13(16)8-11/h2-6,8H. The molecule has 0 aliphatic heterocycles. The zero-order valence-electron chi connectivity index (χ0n) is 8.22. The molecule has 0 aliphatic carbocycles. The monoisotopic (exact) mass is 212 g/mol. The Balaban J connectivity index is 2.60. The van der Waals surface area contributed by atoms with Gasteiger partial charge in [-0.3, -0.25) is 0 Å². The number of fused-ring (bicyclic) bond motifs is 3. The largest absolute Gasteiger partial charge is 0.206 e. The topological polar surface area (TPSA) is 0 Å². The highest BCUT2D eigenvalue weighted by Crippen LogP contribution is 2.27. The number of hydrogen-bond donors (Lipinski definition) is 0. The van der Waals surface area contributed by atoms with Crippen molar-refractivity contribution in [1.29, 1.82) is 0 Å². The molecule has 0 bridgehead atoms. The summed E-state index contributed by atoms with van der Waals surface area (Å²) in [6.45, 7) is 0. The molecule has 0 aromatic heterocycles. The molecule has 0 unspecified atom stereocenters. The van der Waals surface area contributed by atoms with E-state index in [1.165, 1.54) is 0 Å². The van der Waals surface area contributed by atoms with Gasteiger partial charge >= 0.3 is 0 Å². The molecule has 0 spiro atoms. The first kappa shape index (κ1) is 9.28. The Morgan fingerprint density at radius 2 is 1.94 bits per heavy atom.